The summed E-state index contributed by atoms with van der Waals surface area (Å²) in [6.45, 7) is 2.60. The summed E-state index contributed by atoms with van der Waals surface area (Å²) in [5.41, 5.74) is 3.43. The number of para-hydroxylation sites is 1. The first-order valence-electron chi connectivity index (χ1n) is 6.98. The number of anilines is 1. The molecule has 0 fully saturated rings. The number of hydrogen-bond donors (Lipinski definition) is 0. The second-order valence-corrected chi connectivity index (χ2v) is 4.94. The Morgan fingerprint density at radius 1 is 1.19 bits per heavy atom. The van der Waals surface area contributed by atoms with Crippen LogP contribution in [-0.4, -0.2) is 22.0 Å². The number of carbonyl (C=O) groups excluding carboxylic acids is 1. The fourth-order valence-corrected chi connectivity index (χ4v) is 2.48. The monoisotopic (exact) mass is 279 g/mol. The van der Waals surface area contributed by atoms with Gasteiger partial charge in [-0.15, -0.1) is 0 Å². The van der Waals surface area contributed by atoms with E-state index in [9.17, 15) is 4.79 Å². The van der Waals surface area contributed by atoms with E-state index in [1.165, 1.54) is 0 Å². The Hall–Kier alpha value is -2.62. The summed E-state index contributed by atoms with van der Waals surface area (Å²) < 4.78 is 1.94. The standard InChI is InChI=1S/C17H17N3O/c1-3-20(14-7-5-4-6-8-14)17(21)13-9-10-16-15(11-13)18-12-19(16)2/h4-12H,3H2,1-2H3. The minimum Gasteiger partial charge on any atom is -0.334 e. The maximum absolute atomic E-state index is 12.7. The maximum atomic E-state index is 12.7. The van der Waals surface area contributed by atoms with Crippen molar-refractivity contribution in [3.05, 3.63) is 60.4 Å². The summed E-state index contributed by atoms with van der Waals surface area (Å²) in [4.78, 5) is 18.8. The first kappa shape index (κ1) is 13.4. The lowest BCUT2D eigenvalue weighted by Gasteiger charge is -2.21. The predicted molar refractivity (Wildman–Crippen MR) is 84.5 cm³/mol. The van der Waals surface area contributed by atoms with E-state index >= 15 is 0 Å². The molecule has 1 amide bonds. The Labute approximate surface area is 123 Å². The highest BCUT2D eigenvalue weighted by atomic mass is 16.2. The molecule has 21 heavy (non-hydrogen) atoms. The van der Waals surface area contributed by atoms with Crippen molar-refractivity contribution < 1.29 is 4.79 Å². The SMILES string of the molecule is CCN(C(=O)c1ccc2c(c1)ncn2C)c1ccccc1. The third kappa shape index (κ3) is 2.40. The molecule has 0 aliphatic carbocycles. The number of imidazole rings is 1. The summed E-state index contributed by atoms with van der Waals surface area (Å²) in [7, 11) is 1.94. The largest absolute Gasteiger partial charge is 0.334 e. The first-order valence-corrected chi connectivity index (χ1v) is 6.98. The van der Waals surface area contributed by atoms with E-state index in [4.69, 9.17) is 0 Å². The lowest BCUT2D eigenvalue weighted by molar-refractivity contribution is 0.0988. The van der Waals surface area contributed by atoms with Crippen LogP contribution in [0.2, 0.25) is 0 Å². The highest BCUT2D eigenvalue weighted by Gasteiger charge is 2.16. The summed E-state index contributed by atoms with van der Waals surface area (Å²) in [5, 5.41) is 0. The molecule has 0 saturated heterocycles. The molecule has 106 valence electrons. The molecule has 0 saturated carbocycles. The van der Waals surface area contributed by atoms with Gasteiger partial charge in [-0.05, 0) is 37.3 Å². The molecule has 0 bridgehead atoms. The number of carbonyl (C=O) groups is 1. The zero-order valence-electron chi connectivity index (χ0n) is 12.2. The molecular formula is C17H17N3O. The molecule has 4 nitrogen and oxygen atoms in total. The summed E-state index contributed by atoms with van der Waals surface area (Å²) in [5.74, 6) is -0.00347. The van der Waals surface area contributed by atoms with Gasteiger partial charge in [0, 0.05) is 24.8 Å². The second-order valence-electron chi connectivity index (χ2n) is 4.94. The number of aryl methyl sites for hydroxylation is 1. The highest BCUT2D eigenvalue weighted by molar-refractivity contribution is 6.07. The number of fused-ring (bicyclic) bond motifs is 1. The minimum absolute atomic E-state index is 0.00347. The Morgan fingerprint density at radius 2 is 1.95 bits per heavy atom. The first-order chi connectivity index (χ1) is 10.2. The molecule has 4 heteroatoms. The maximum Gasteiger partial charge on any atom is 0.258 e. The van der Waals surface area contributed by atoms with Gasteiger partial charge >= 0.3 is 0 Å². The molecule has 0 unspecified atom stereocenters. The Balaban J connectivity index is 1.98. The molecule has 3 aromatic rings. The molecule has 0 spiro atoms. The molecule has 0 N–H and O–H groups in total. The smallest absolute Gasteiger partial charge is 0.258 e. The van der Waals surface area contributed by atoms with Gasteiger partial charge in [-0.1, -0.05) is 18.2 Å². The zero-order valence-corrected chi connectivity index (χ0v) is 12.2. The topological polar surface area (TPSA) is 38.1 Å². The van der Waals surface area contributed by atoms with Gasteiger partial charge in [0.2, 0.25) is 0 Å². The van der Waals surface area contributed by atoms with Gasteiger partial charge in [-0.3, -0.25) is 4.79 Å². The van der Waals surface area contributed by atoms with Crippen molar-refractivity contribution in [2.75, 3.05) is 11.4 Å². The second kappa shape index (κ2) is 5.40. The van der Waals surface area contributed by atoms with Crippen molar-refractivity contribution in [1.29, 1.82) is 0 Å². The quantitative estimate of drug-likeness (QED) is 0.738. The Kier molecular flexibility index (Phi) is 3.44. The van der Waals surface area contributed by atoms with Crippen LogP contribution in [0.4, 0.5) is 5.69 Å². The number of hydrogen-bond acceptors (Lipinski definition) is 2. The van der Waals surface area contributed by atoms with Crippen LogP contribution in [0, 0.1) is 0 Å². The summed E-state index contributed by atoms with van der Waals surface area (Å²) >= 11 is 0. The molecule has 2 aromatic carbocycles. The van der Waals surface area contributed by atoms with Gasteiger partial charge < -0.3 is 9.47 Å². The van der Waals surface area contributed by atoms with Gasteiger partial charge in [0.05, 0.1) is 17.4 Å². The van der Waals surface area contributed by atoms with Crippen LogP contribution in [-0.2, 0) is 7.05 Å². The zero-order chi connectivity index (χ0) is 14.8. The lowest BCUT2D eigenvalue weighted by Crippen LogP contribution is -2.30. The lowest BCUT2D eigenvalue weighted by atomic mass is 10.1. The van der Waals surface area contributed by atoms with Crippen LogP contribution < -0.4 is 4.90 Å². The van der Waals surface area contributed by atoms with Gasteiger partial charge in [-0.25, -0.2) is 4.98 Å². The van der Waals surface area contributed by atoms with Crippen LogP contribution in [0.15, 0.2) is 54.9 Å². The van der Waals surface area contributed by atoms with Crippen molar-refractivity contribution in [3.63, 3.8) is 0 Å². The molecule has 1 heterocycles. The number of rotatable bonds is 3. The molecule has 0 aliphatic rings. The average Bonchev–Trinajstić information content (AvgIpc) is 2.90. The van der Waals surface area contributed by atoms with Crippen LogP contribution >= 0.6 is 0 Å². The molecule has 3 rings (SSSR count). The van der Waals surface area contributed by atoms with Crippen molar-refractivity contribution in [2.45, 2.75) is 6.92 Å². The van der Waals surface area contributed by atoms with Gasteiger partial charge in [0.1, 0.15) is 0 Å². The average molecular weight is 279 g/mol. The van der Waals surface area contributed by atoms with Gasteiger partial charge in [0.25, 0.3) is 5.91 Å². The molecule has 0 atom stereocenters. The van der Waals surface area contributed by atoms with Crippen molar-refractivity contribution in [3.8, 4) is 0 Å². The fourth-order valence-electron chi connectivity index (χ4n) is 2.48. The molecular weight excluding hydrogens is 262 g/mol. The third-order valence-corrected chi connectivity index (χ3v) is 3.60. The molecule has 0 radical (unpaired) electrons. The van der Waals surface area contributed by atoms with Crippen LogP contribution in [0.1, 0.15) is 17.3 Å². The Morgan fingerprint density at radius 3 is 2.67 bits per heavy atom. The number of aromatic nitrogens is 2. The number of nitrogens with zero attached hydrogens (tertiary/aromatic N) is 3. The van der Waals surface area contributed by atoms with Crippen LogP contribution in [0.5, 0.6) is 0 Å². The third-order valence-electron chi connectivity index (χ3n) is 3.60. The van der Waals surface area contributed by atoms with Gasteiger partial charge in [0.15, 0.2) is 0 Å². The van der Waals surface area contributed by atoms with E-state index in [0.717, 1.165) is 16.7 Å². The number of amides is 1. The van der Waals surface area contributed by atoms with E-state index < -0.39 is 0 Å². The van der Waals surface area contributed by atoms with Crippen LogP contribution in [0.25, 0.3) is 11.0 Å². The van der Waals surface area contributed by atoms with Crippen molar-refractivity contribution in [2.24, 2.45) is 7.05 Å². The fraction of sp³-hybridized carbons (Fsp3) is 0.176. The molecule has 0 aliphatic heterocycles. The van der Waals surface area contributed by atoms with E-state index in [-0.39, 0.29) is 5.91 Å². The van der Waals surface area contributed by atoms with E-state index in [2.05, 4.69) is 4.98 Å². The van der Waals surface area contributed by atoms with Crippen LogP contribution in [0.3, 0.4) is 0 Å². The Bertz CT molecular complexity index is 777. The van der Waals surface area contributed by atoms with Crippen molar-refractivity contribution in [1.82, 2.24) is 9.55 Å². The molecule has 1 aromatic heterocycles. The summed E-state index contributed by atoms with van der Waals surface area (Å²) in [6.07, 6.45) is 1.76. The normalized spacial score (nSPS) is 10.8. The van der Waals surface area contributed by atoms with E-state index in [1.54, 1.807) is 11.2 Å². The minimum atomic E-state index is -0.00347. The predicted octanol–water partition coefficient (Wildman–Crippen LogP) is 3.24. The van der Waals surface area contributed by atoms with E-state index in [0.29, 0.717) is 12.1 Å². The van der Waals surface area contributed by atoms with Crippen molar-refractivity contribution >= 4 is 22.6 Å². The summed E-state index contributed by atoms with van der Waals surface area (Å²) in [6, 6.07) is 15.4. The number of benzene rings is 2. The highest BCUT2D eigenvalue weighted by Crippen LogP contribution is 2.19. The van der Waals surface area contributed by atoms with E-state index in [1.807, 2.05) is 67.1 Å². The van der Waals surface area contributed by atoms with Gasteiger partial charge in [-0.2, -0.15) is 0 Å².